The Kier molecular flexibility index (Phi) is 3.51. The lowest BCUT2D eigenvalue weighted by Gasteiger charge is -2.13. The molecule has 0 aromatic carbocycles. The fourth-order valence-electron chi connectivity index (χ4n) is 1.92. The third-order valence-electron chi connectivity index (χ3n) is 3.15. The van der Waals surface area contributed by atoms with Crippen molar-refractivity contribution in [1.82, 2.24) is 25.5 Å². The predicted octanol–water partition coefficient (Wildman–Crippen LogP) is 0.872. The van der Waals surface area contributed by atoms with E-state index >= 15 is 0 Å². The van der Waals surface area contributed by atoms with Crippen LogP contribution >= 0.6 is 0 Å². The predicted molar refractivity (Wildman–Crippen MR) is 62.2 cm³/mol. The highest BCUT2D eigenvalue weighted by Crippen LogP contribution is 2.24. The molecule has 17 heavy (non-hydrogen) atoms. The van der Waals surface area contributed by atoms with E-state index in [1.54, 1.807) is 6.08 Å². The summed E-state index contributed by atoms with van der Waals surface area (Å²) in [6.07, 6.45) is 3.54. The van der Waals surface area contributed by atoms with Crippen LogP contribution in [0.25, 0.3) is 0 Å². The lowest BCUT2D eigenvalue weighted by molar-refractivity contribution is -0.125. The van der Waals surface area contributed by atoms with Gasteiger partial charge < -0.3 is 4.90 Å². The topological polar surface area (TPSA) is 74.8 Å². The summed E-state index contributed by atoms with van der Waals surface area (Å²) in [6, 6.07) is 0. The number of nitrogens with one attached hydrogen (secondary N) is 1. The monoisotopic (exact) mass is 235 g/mol. The summed E-state index contributed by atoms with van der Waals surface area (Å²) >= 11 is 0. The molecule has 0 saturated carbocycles. The fourth-order valence-corrected chi connectivity index (χ4v) is 1.92. The van der Waals surface area contributed by atoms with E-state index in [9.17, 15) is 4.79 Å². The molecule has 0 spiro atoms. The Morgan fingerprint density at radius 1 is 1.65 bits per heavy atom. The summed E-state index contributed by atoms with van der Waals surface area (Å²) in [6.45, 7) is 5.48. The first-order valence-electron chi connectivity index (χ1n) is 5.90. The molecule has 1 atom stereocenters. The minimum atomic E-state index is 0.0929. The second-order valence-electron chi connectivity index (χ2n) is 4.38. The van der Waals surface area contributed by atoms with Crippen molar-refractivity contribution in [3.05, 3.63) is 17.5 Å². The van der Waals surface area contributed by atoms with Gasteiger partial charge in [0, 0.05) is 25.1 Å². The normalized spacial score (nSPS) is 20.9. The van der Waals surface area contributed by atoms with Crippen LogP contribution in [0.15, 0.2) is 11.6 Å². The number of tetrazole rings is 1. The average Bonchev–Trinajstić information content (AvgIpc) is 2.98. The molecule has 6 heteroatoms. The van der Waals surface area contributed by atoms with Gasteiger partial charge in [0.15, 0.2) is 5.82 Å². The van der Waals surface area contributed by atoms with Crippen LogP contribution in [0.5, 0.6) is 0 Å². The summed E-state index contributed by atoms with van der Waals surface area (Å²) in [4.78, 5) is 13.8. The molecule has 2 rings (SSSR count). The molecule has 1 aliphatic rings. The Labute approximate surface area is 100 Å². The first-order valence-corrected chi connectivity index (χ1v) is 5.90. The van der Waals surface area contributed by atoms with E-state index in [2.05, 4.69) is 20.6 Å². The van der Waals surface area contributed by atoms with Gasteiger partial charge >= 0.3 is 0 Å². The number of hydrogen-bond donors (Lipinski definition) is 1. The number of aromatic nitrogens is 4. The molecule has 0 aliphatic carbocycles. The molecule has 92 valence electrons. The fraction of sp³-hybridized carbons (Fsp3) is 0.636. The van der Waals surface area contributed by atoms with Gasteiger partial charge in [0.05, 0.1) is 0 Å². The standard InChI is InChI=1S/C11H17N5O/c1-3-8(2)6-10(17)16-5-4-9(7-16)11-12-14-15-13-11/h6,9H,3-5,7H2,1-2H3,(H,12,13,14,15)/b8-6+. The highest BCUT2D eigenvalue weighted by Gasteiger charge is 2.28. The maximum absolute atomic E-state index is 11.9. The van der Waals surface area contributed by atoms with Gasteiger partial charge in [0.25, 0.3) is 0 Å². The van der Waals surface area contributed by atoms with Crippen molar-refractivity contribution in [1.29, 1.82) is 0 Å². The van der Waals surface area contributed by atoms with Crippen LogP contribution in [0.2, 0.25) is 0 Å². The second-order valence-corrected chi connectivity index (χ2v) is 4.38. The van der Waals surface area contributed by atoms with Crippen LogP contribution in [-0.4, -0.2) is 44.5 Å². The molecule has 1 unspecified atom stereocenters. The number of allylic oxidation sites excluding steroid dienone is 1. The SMILES string of the molecule is CC/C(C)=C/C(=O)N1CCC(c2nn[nH]n2)C1. The number of carbonyl (C=O) groups is 1. The van der Waals surface area contributed by atoms with Gasteiger partial charge in [-0.3, -0.25) is 4.79 Å². The molecule has 1 fully saturated rings. The first kappa shape index (κ1) is 11.8. The molecule has 0 bridgehead atoms. The molecule has 1 aromatic rings. The first-order chi connectivity index (χ1) is 8.20. The Morgan fingerprint density at radius 3 is 3.12 bits per heavy atom. The smallest absolute Gasteiger partial charge is 0.246 e. The Bertz CT molecular complexity index is 412. The van der Waals surface area contributed by atoms with E-state index in [0.717, 1.165) is 25.0 Å². The summed E-state index contributed by atoms with van der Waals surface area (Å²) in [5, 5.41) is 13.9. The van der Waals surface area contributed by atoms with Gasteiger partial charge in [-0.25, -0.2) is 0 Å². The van der Waals surface area contributed by atoms with Crippen LogP contribution in [-0.2, 0) is 4.79 Å². The van der Waals surface area contributed by atoms with Gasteiger partial charge in [0.2, 0.25) is 5.91 Å². The van der Waals surface area contributed by atoms with Crippen LogP contribution in [0.3, 0.4) is 0 Å². The number of aromatic amines is 1. The van der Waals surface area contributed by atoms with Gasteiger partial charge in [-0.15, -0.1) is 10.2 Å². The maximum Gasteiger partial charge on any atom is 0.246 e. The number of amides is 1. The number of carbonyl (C=O) groups excluding carboxylic acids is 1. The lowest BCUT2D eigenvalue weighted by Crippen LogP contribution is -2.27. The van der Waals surface area contributed by atoms with Crippen molar-refractivity contribution < 1.29 is 4.79 Å². The maximum atomic E-state index is 11.9. The van der Waals surface area contributed by atoms with Crippen molar-refractivity contribution in [2.45, 2.75) is 32.6 Å². The van der Waals surface area contributed by atoms with Gasteiger partial charge in [-0.1, -0.05) is 17.7 Å². The summed E-state index contributed by atoms with van der Waals surface area (Å²) in [7, 11) is 0. The van der Waals surface area contributed by atoms with Crippen molar-refractivity contribution in [2.75, 3.05) is 13.1 Å². The zero-order chi connectivity index (χ0) is 12.3. The number of hydrogen-bond acceptors (Lipinski definition) is 4. The molecule has 6 nitrogen and oxygen atoms in total. The molecular weight excluding hydrogens is 218 g/mol. The van der Waals surface area contributed by atoms with E-state index in [4.69, 9.17) is 0 Å². The lowest BCUT2D eigenvalue weighted by atomic mass is 10.1. The van der Waals surface area contributed by atoms with Crippen molar-refractivity contribution in [2.24, 2.45) is 0 Å². The van der Waals surface area contributed by atoms with Crippen LogP contribution in [0.4, 0.5) is 0 Å². The van der Waals surface area contributed by atoms with Crippen molar-refractivity contribution >= 4 is 5.91 Å². The Balaban J connectivity index is 1.96. The second kappa shape index (κ2) is 5.07. The number of rotatable bonds is 3. The van der Waals surface area contributed by atoms with Crippen LogP contribution in [0.1, 0.15) is 38.4 Å². The highest BCUT2D eigenvalue weighted by molar-refractivity contribution is 5.88. The number of H-pyrrole nitrogens is 1. The van der Waals surface area contributed by atoms with Crippen LogP contribution < -0.4 is 0 Å². The van der Waals surface area contributed by atoms with E-state index in [1.165, 1.54) is 0 Å². The molecule has 0 radical (unpaired) electrons. The number of nitrogens with zero attached hydrogens (tertiary/aromatic N) is 4. The van der Waals surface area contributed by atoms with E-state index in [-0.39, 0.29) is 11.8 Å². The van der Waals surface area contributed by atoms with Crippen molar-refractivity contribution in [3.63, 3.8) is 0 Å². The van der Waals surface area contributed by atoms with Crippen molar-refractivity contribution in [3.8, 4) is 0 Å². The number of likely N-dealkylation sites (tertiary alicyclic amines) is 1. The Hall–Kier alpha value is -1.72. The molecule has 1 aliphatic heterocycles. The van der Waals surface area contributed by atoms with Gasteiger partial charge in [0.1, 0.15) is 0 Å². The van der Waals surface area contributed by atoms with Crippen LogP contribution in [0, 0.1) is 0 Å². The van der Waals surface area contributed by atoms with E-state index < -0.39 is 0 Å². The summed E-state index contributed by atoms with van der Waals surface area (Å²) < 4.78 is 0. The minimum absolute atomic E-state index is 0.0929. The summed E-state index contributed by atoms with van der Waals surface area (Å²) in [5.41, 5.74) is 1.11. The average molecular weight is 235 g/mol. The molecule has 1 saturated heterocycles. The molecule has 1 aromatic heterocycles. The zero-order valence-corrected chi connectivity index (χ0v) is 10.2. The molecule has 2 heterocycles. The quantitative estimate of drug-likeness (QED) is 0.789. The van der Waals surface area contributed by atoms with Gasteiger partial charge in [-0.2, -0.15) is 5.21 Å². The molecule has 1 amide bonds. The summed E-state index contributed by atoms with van der Waals surface area (Å²) in [5.74, 6) is 1.01. The third kappa shape index (κ3) is 2.69. The largest absolute Gasteiger partial charge is 0.338 e. The highest BCUT2D eigenvalue weighted by atomic mass is 16.2. The van der Waals surface area contributed by atoms with Gasteiger partial charge in [-0.05, 0) is 19.8 Å². The molecular formula is C11H17N5O. The van der Waals surface area contributed by atoms with E-state index in [1.807, 2.05) is 18.7 Å². The zero-order valence-electron chi connectivity index (χ0n) is 10.2. The molecule has 1 N–H and O–H groups in total. The minimum Gasteiger partial charge on any atom is -0.338 e. The van der Waals surface area contributed by atoms with E-state index in [0.29, 0.717) is 12.4 Å². The Morgan fingerprint density at radius 2 is 2.47 bits per heavy atom. The third-order valence-corrected chi connectivity index (χ3v) is 3.15.